The van der Waals surface area contributed by atoms with Crippen LogP contribution in [-0.4, -0.2) is 31.0 Å². The zero-order valence-corrected chi connectivity index (χ0v) is 9.42. The predicted molar refractivity (Wildman–Crippen MR) is 63.9 cm³/mol. The van der Waals surface area contributed by atoms with Gasteiger partial charge in [-0.25, -0.2) is 0 Å². The standard InChI is InChI=1S/C10H14N4O3/c1-13(5-4-11)9-3-2-7(14(16)17)6-8(9)10(12)15/h2-3,6H,4-5,11H2,1H3,(H2,12,15). The van der Waals surface area contributed by atoms with Crippen molar-refractivity contribution in [1.29, 1.82) is 0 Å². The van der Waals surface area contributed by atoms with Crippen molar-refractivity contribution in [2.24, 2.45) is 11.5 Å². The lowest BCUT2D eigenvalue weighted by Gasteiger charge is -2.20. The number of carbonyl (C=O) groups excluding carboxylic acids is 1. The maximum absolute atomic E-state index is 11.2. The molecule has 0 spiro atoms. The number of nitro benzene ring substituents is 1. The van der Waals surface area contributed by atoms with Crippen molar-refractivity contribution in [1.82, 2.24) is 0 Å². The van der Waals surface area contributed by atoms with E-state index in [2.05, 4.69) is 0 Å². The third kappa shape index (κ3) is 2.91. The Morgan fingerprint density at radius 2 is 2.18 bits per heavy atom. The topological polar surface area (TPSA) is 115 Å². The van der Waals surface area contributed by atoms with Gasteiger partial charge in [0, 0.05) is 38.0 Å². The van der Waals surface area contributed by atoms with Gasteiger partial charge in [0.25, 0.3) is 11.6 Å². The number of benzene rings is 1. The van der Waals surface area contributed by atoms with Crippen molar-refractivity contribution in [2.75, 3.05) is 25.0 Å². The van der Waals surface area contributed by atoms with Crippen LogP contribution in [0.1, 0.15) is 10.4 Å². The highest BCUT2D eigenvalue weighted by molar-refractivity contribution is 5.99. The van der Waals surface area contributed by atoms with Crippen molar-refractivity contribution in [3.8, 4) is 0 Å². The summed E-state index contributed by atoms with van der Waals surface area (Å²) in [5.41, 5.74) is 11.1. The molecule has 1 rings (SSSR count). The molecule has 0 aliphatic heterocycles. The Morgan fingerprint density at radius 3 is 2.65 bits per heavy atom. The van der Waals surface area contributed by atoms with Crippen LogP contribution < -0.4 is 16.4 Å². The minimum absolute atomic E-state index is 0.121. The van der Waals surface area contributed by atoms with E-state index >= 15 is 0 Å². The van der Waals surface area contributed by atoms with Gasteiger partial charge in [-0.1, -0.05) is 0 Å². The first kappa shape index (κ1) is 12.9. The first-order chi connectivity index (χ1) is 7.97. The number of hydrogen-bond acceptors (Lipinski definition) is 5. The van der Waals surface area contributed by atoms with Gasteiger partial charge in [0.2, 0.25) is 0 Å². The Kier molecular flexibility index (Phi) is 4.00. The molecule has 1 aromatic carbocycles. The Morgan fingerprint density at radius 1 is 1.53 bits per heavy atom. The summed E-state index contributed by atoms with van der Waals surface area (Å²) in [6.45, 7) is 0.934. The van der Waals surface area contributed by atoms with Crippen molar-refractivity contribution in [3.05, 3.63) is 33.9 Å². The van der Waals surface area contributed by atoms with E-state index in [1.165, 1.54) is 18.2 Å². The van der Waals surface area contributed by atoms with Crippen LogP contribution in [0.3, 0.4) is 0 Å². The van der Waals surface area contributed by atoms with E-state index in [4.69, 9.17) is 11.5 Å². The molecule has 92 valence electrons. The number of likely N-dealkylation sites (N-methyl/N-ethyl adjacent to an activating group) is 1. The van der Waals surface area contributed by atoms with Gasteiger partial charge >= 0.3 is 0 Å². The second-order valence-electron chi connectivity index (χ2n) is 3.53. The molecule has 17 heavy (non-hydrogen) atoms. The minimum atomic E-state index is -0.701. The zero-order valence-electron chi connectivity index (χ0n) is 9.42. The van der Waals surface area contributed by atoms with Crippen LogP contribution in [0.5, 0.6) is 0 Å². The summed E-state index contributed by atoms with van der Waals surface area (Å²) < 4.78 is 0. The Hall–Kier alpha value is -2.15. The summed E-state index contributed by atoms with van der Waals surface area (Å²) in [6.07, 6.45) is 0. The number of non-ortho nitro benzene ring substituents is 1. The minimum Gasteiger partial charge on any atom is -0.373 e. The molecule has 7 nitrogen and oxygen atoms in total. The Bertz CT molecular complexity index is 447. The smallest absolute Gasteiger partial charge is 0.270 e. The van der Waals surface area contributed by atoms with Gasteiger partial charge in [-0.2, -0.15) is 0 Å². The number of anilines is 1. The molecule has 0 heterocycles. The van der Waals surface area contributed by atoms with Crippen LogP contribution in [0.2, 0.25) is 0 Å². The van der Waals surface area contributed by atoms with E-state index < -0.39 is 10.8 Å². The lowest BCUT2D eigenvalue weighted by Crippen LogP contribution is -2.27. The highest BCUT2D eigenvalue weighted by atomic mass is 16.6. The summed E-state index contributed by atoms with van der Waals surface area (Å²) in [7, 11) is 1.74. The highest BCUT2D eigenvalue weighted by Gasteiger charge is 2.16. The molecule has 0 atom stereocenters. The molecule has 7 heteroatoms. The molecule has 1 amide bonds. The first-order valence-electron chi connectivity index (χ1n) is 4.96. The second kappa shape index (κ2) is 5.26. The SMILES string of the molecule is CN(CCN)c1ccc([N+](=O)[O-])cc1C(N)=O. The van der Waals surface area contributed by atoms with Crippen LogP contribution in [0.4, 0.5) is 11.4 Å². The maximum atomic E-state index is 11.2. The fraction of sp³-hybridized carbons (Fsp3) is 0.300. The summed E-state index contributed by atoms with van der Waals surface area (Å²) >= 11 is 0. The van der Waals surface area contributed by atoms with E-state index in [1.807, 2.05) is 0 Å². The van der Waals surface area contributed by atoms with Gasteiger partial charge in [0.15, 0.2) is 0 Å². The average Bonchev–Trinajstić information content (AvgIpc) is 2.28. The highest BCUT2D eigenvalue weighted by Crippen LogP contribution is 2.24. The lowest BCUT2D eigenvalue weighted by molar-refractivity contribution is -0.384. The van der Waals surface area contributed by atoms with Gasteiger partial charge in [-0.15, -0.1) is 0 Å². The second-order valence-corrected chi connectivity index (χ2v) is 3.53. The number of amides is 1. The van der Waals surface area contributed by atoms with E-state index in [-0.39, 0.29) is 11.3 Å². The molecular weight excluding hydrogens is 224 g/mol. The van der Waals surface area contributed by atoms with E-state index in [0.29, 0.717) is 18.8 Å². The number of hydrogen-bond donors (Lipinski definition) is 2. The van der Waals surface area contributed by atoms with Crippen molar-refractivity contribution in [3.63, 3.8) is 0 Å². The van der Waals surface area contributed by atoms with Gasteiger partial charge in [-0.3, -0.25) is 14.9 Å². The molecule has 0 radical (unpaired) electrons. The third-order valence-corrected chi connectivity index (χ3v) is 2.33. The molecule has 0 aromatic heterocycles. The van der Waals surface area contributed by atoms with Gasteiger partial charge < -0.3 is 16.4 Å². The number of nitro groups is 1. The number of primary amides is 1. The predicted octanol–water partition coefficient (Wildman–Crippen LogP) is 0.0886. The molecule has 4 N–H and O–H groups in total. The number of rotatable bonds is 5. The van der Waals surface area contributed by atoms with E-state index in [1.54, 1.807) is 11.9 Å². The molecule has 0 saturated carbocycles. The zero-order chi connectivity index (χ0) is 13.0. The maximum Gasteiger partial charge on any atom is 0.270 e. The quantitative estimate of drug-likeness (QED) is 0.557. The summed E-state index contributed by atoms with van der Waals surface area (Å²) in [6, 6.07) is 3.99. The normalized spacial score (nSPS) is 10.0. The third-order valence-electron chi connectivity index (χ3n) is 2.33. The van der Waals surface area contributed by atoms with Crippen LogP contribution in [-0.2, 0) is 0 Å². The average molecular weight is 238 g/mol. The van der Waals surface area contributed by atoms with Gasteiger partial charge in [0.1, 0.15) is 0 Å². The van der Waals surface area contributed by atoms with E-state index in [9.17, 15) is 14.9 Å². The van der Waals surface area contributed by atoms with Crippen molar-refractivity contribution in [2.45, 2.75) is 0 Å². The van der Waals surface area contributed by atoms with E-state index in [0.717, 1.165) is 0 Å². The van der Waals surface area contributed by atoms with Gasteiger partial charge in [-0.05, 0) is 6.07 Å². The lowest BCUT2D eigenvalue weighted by atomic mass is 10.1. The molecule has 0 aliphatic carbocycles. The van der Waals surface area contributed by atoms with Crippen LogP contribution in [0.15, 0.2) is 18.2 Å². The van der Waals surface area contributed by atoms with Crippen molar-refractivity contribution < 1.29 is 9.72 Å². The number of nitrogens with zero attached hydrogens (tertiary/aromatic N) is 2. The monoisotopic (exact) mass is 238 g/mol. The van der Waals surface area contributed by atoms with Crippen LogP contribution in [0.25, 0.3) is 0 Å². The fourth-order valence-corrected chi connectivity index (χ4v) is 1.48. The van der Waals surface area contributed by atoms with Crippen LogP contribution in [0, 0.1) is 10.1 Å². The summed E-state index contributed by atoms with van der Waals surface area (Å²) in [4.78, 5) is 23.0. The summed E-state index contributed by atoms with van der Waals surface area (Å²) in [5, 5.41) is 10.6. The van der Waals surface area contributed by atoms with Crippen LogP contribution >= 0.6 is 0 Å². The number of nitrogens with two attached hydrogens (primary N) is 2. The Labute approximate surface area is 98.1 Å². The Balaban J connectivity index is 3.22. The molecule has 0 fully saturated rings. The molecule has 0 aliphatic rings. The molecule has 0 unspecified atom stereocenters. The fourth-order valence-electron chi connectivity index (χ4n) is 1.48. The summed E-state index contributed by atoms with van der Waals surface area (Å²) in [5.74, 6) is -0.701. The molecule has 0 bridgehead atoms. The first-order valence-corrected chi connectivity index (χ1v) is 4.96. The largest absolute Gasteiger partial charge is 0.373 e. The number of carbonyl (C=O) groups is 1. The van der Waals surface area contributed by atoms with Gasteiger partial charge in [0.05, 0.1) is 10.5 Å². The molecular formula is C10H14N4O3. The molecule has 1 aromatic rings. The molecule has 0 saturated heterocycles. The van der Waals surface area contributed by atoms with Crippen molar-refractivity contribution >= 4 is 17.3 Å².